The van der Waals surface area contributed by atoms with Gasteiger partial charge in [-0.2, -0.15) is 0 Å². The van der Waals surface area contributed by atoms with Crippen LogP contribution in [0, 0.1) is 0 Å². The number of morpholine rings is 1. The molecule has 0 saturated carbocycles. The predicted molar refractivity (Wildman–Crippen MR) is 91.7 cm³/mol. The summed E-state index contributed by atoms with van der Waals surface area (Å²) < 4.78 is 11.4. The molecule has 2 rings (SSSR count). The van der Waals surface area contributed by atoms with Crippen LogP contribution < -0.4 is 15.4 Å². The molecule has 0 bridgehead atoms. The molecule has 22 heavy (non-hydrogen) atoms. The zero-order valence-electron chi connectivity index (χ0n) is 12.7. The normalized spacial score (nSPS) is 19.0. The van der Waals surface area contributed by atoms with Gasteiger partial charge in [0.25, 0.3) is 0 Å². The lowest BCUT2D eigenvalue weighted by Gasteiger charge is -2.24. The number of rotatable bonds is 5. The molecule has 0 spiro atoms. The maximum absolute atomic E-state index is 12.1. The standard InChI is InChI=1S/C15H21BrN2O3.ClH/c1-10(11-3-4-14(20-2)13(16)7-11)18-15(19)8-12-9-21-6-5-17-12;/h3-4,7,10,12,17H,5-6,8-9H2,1-2H3,(H,18,19);1H. The van der Waals surface area contributed by atoms with Crippen LogP contribution in [-0.4, -0.2) is 38.8 Å². The first-order valence-electron chi connectivity index (χ1n) is 7.04. The van der Waals surface area contributed by atoms with Crippen LogP contribution in [0.15, 0.2) is 22.7 Å². The van der Waals surface area contributed by atoms with E-state index in [9.17, 15) is 4.79 Å². The Bertz CT molecular complexity index is 496. The van der Waals surface area contributed by atoms with Crippen molar-refractivity contribution in [2.45, 2.75) is 25.4 Å². The predicted octanol–water partition coefficient (Wildman–Crippen LogP) is 2.44. The highest BCUT2D eigenvalue weighted by atomic mass is 79.9. The molecule has 0 aromatic heterocycles. The number of hydrogen-bond donors (Lipinski definition) is 2. The van der Waals surface area contributed by atoms with Crippen LogP contribution >= 0.6 is 28.3 Å². The zero-order valence-corrected chi connectivity index (χ0v) is 15.1. The number of methoxy groups -OCH3 is 1. The SMILES string of the molecule is COc1ccc(C(C)NC(=O)CC2COCCN2)cc1Br.Cl. The molecule has 7 heteroatoms. The summed E-state index contributed by atoms with van der Waals surface area (Å²) in [6.45, 7) is 4.08. The molecule has 2 N–H and O–H groups in total. The minimum absolute atomic E-state index is 0. The molecule has 1 saturated heterocycles. The summed E-state index contributed by atoms with van der Waals surface area (Å²) in [6.07, 6.45) is 0.432. The molecule has 2 unspecified atom stereocenters. The maximum atomic E-state index is 12.1. The van der Waals surface area contributed by atoms with Gasteiger partial charge in [-0.25, -0.2) is 0 Å². The number of benzene rings is 1. The molecule has 2 atom stereocenters. The van der Waals surface area contributed by atoms with E-state index < -0.39 is 0 Å². The summed E-state index contributed by atoms with van der Waals surface area (Å²) in [6, 6.07) is 5.86. The van der Waals surface area contributed by atoms with Gasteiger partial charge in [0.1, 0.15) is 5.75 Å². The number of amides is 1. The van der Waals surface area contributed by atoms with Crippen LogP contribution in [0.25, 0.3) is 0 Å². The highest BCUT2D eigenvalue weighted by Gasteiger charge is 2.18. The number of carbonyl (C=O) groups excluding carboxylic acids is 1. The summed E-state index contributed by atoms with van der Waals surface area (Å²) in [5.74, 6) is 0.804. The van der Waals surface area contributed by atoms with Crippen molar-refractivity contribution in [3.8, 4) is 5.75 Å². The Balaban J connectivity index is 0.00000242. The zero-order chi connectivity index (χ0) is 15.2. The highest BCUT2D eigenvalue weighted by Crippen LogP contribution is 2.27. The smallest absolute Gasteiger partial charge is 0.222 e. The largest absolute Gasteiger partial charge is 0.496 e. The second-order valence-electron chi connectivity index (χ2n) is 5.11. The second-order valence-corrected chi connectivity index (χ2v) is 5.97. The van der Waals surface area contributed by atoms with Crippen molar-refractivity contribution in [1.29, 1.82) is 0 Å². The van der Waals surface area contributed by atoms with Gasteiger partial charge in [0.2, 0.25) is 5.91 Å². The molecule has 5 nitrogen and oxygen atoms in total. The van der Waals surface area contributed by atoms with E-state index in [4.69, 9.17) is 9.47 Å². The van der Waals surface area contributed by atoms with E-state index in [1.807, 2.05) is 25.1 Å². The van der Waals surface area contributed by atoms with Crippen molar-refractivity contribution < 1.29 is 14.3 Å². The van der Waals surface area contributed by atoms with Crippen molar-refractivity contribution in [2.24, 2.45) is 0 Å². The van der Waals surface area contributed by atoms with Gasteiger partial charge >= 0.3 is 0 Å². The van der Waals surface area contributed by atoms with E-state index in [1.54, 1.807) is 7.11 Å². The molecule has 1 aromatic carbocycles. The van der Waals surface area contributed by atoms with Crippen LogP contribution in [0.5, 0.6) is 5.75 Å². The van der Waals surface area contributed by atoms with Crippen LogP contribution in [0.2, 0.25) is 0 Å². The van der Waals surface area contributed by atoms with Crippen LogP contribution in [0.1, 0.15) is 24.9 Å². The summed E-state index contributed by atoms with van der Waals surface area (Å²) in [5, 5.41) is 6.29. The van der Waals surface area contributed by atoms with Crippen LogP contribution in [-0.2, 0) is 9.53 Å². The Labute approximate surface area is 145 Å². The summed E-state index contributed by atoms with van der Waals surface area (Å²) in [7, 11) is 1.63. The van der Waals surface area contributed by atoms with Gasteiger partial charge in [-0.1, -0.05) is 6.07 Å². The Morgan fingerprint density at radius 3 is 2.95 bits per heavy atom. The third-order valence-electron chi connectivity index (χ3n) is 3.48. The highest BCUT2D eigenvalue weighted by molar-refractivity contribution is 9.10. The molecule has 1 aliphatic rings. The Morgan fingerprint density at radius 1 is 1.59 bits per heavy atom. The van der Waals surface area contributed by atoms with Gasteiger partial charge in [0.15, 0.2) is 0 Å². The van der Waals surface area contributed by atoms with Gasteiger partial charge in [-0.05, 0) is 40.5 Å². The number of nitrogens with one attached hydrogen (secondary N) is 2. The Kier molecular flexibility index (Phi) is 8.17. The molecule has 124 valence electrons. The molecule has 1 fully saturated rings. The van der Waals surface area contributed by atoms with E-state index in [0.717, 1.165) is 22.3 Å². The first kappa shape index (κ1) is 19.2. The molecule has 0 aliphatic carbocycles. The molecular formula is C15H22BrClN2O3. The number of ether oxygens (including phenoxy) is 2. The Hall–Kier alpha value is -0.820. The average molecular weight is 394 g/mol. The van der Waals surface area contributed by atoms with Crippen molar-refractivity contribution in [2.75, 3.05) is 26.9 Å². The molecule has 0 radical (unpaired) electrons. The van der Waals surface area contributed by atoms with E-state index in [2.05, 4.69) is 26.6 Å². The Morgan fingerprint density at radius 2 is 2.36 bits per heavy atom. The molecular weight excluding hydrogens is 372 g/mol. The maximum Gasteiger partial charge on any atom is 0.222 e. The lowest BCUT2D eigenvalue weighted by Crippen LogP contribution is -2.44. The molecule has 1 aliphatic heterocycles. The van der Waals surface area contributed by atoms with Gasteiger partial charge in [0, 0.05) is 19.0 Å². The van der Waals surface area contributed by atoms with Crippen molar-refractivity contribution in [1.82, 2.24) is 10.6 Å². The quantitative estimate of drug-likeness (QED) is 0.807. The van der Waals surface area contributed by atoms with E-state index in [-0.39, 0.29) is 30.4 Å². The first-order valence-corrected chi connectivity index (χ1v) is 7.83. The minimum Gasteiger partial charge on any atom is -0.496 e. The molecule has 1 aromatic rings. The number of hydrogen-bond acceptors (Lipinski definition) is 4. The van der Waals surface area contributed by atoms with E-state index >= 15 is 0 Å². The topological polar surface area (TPSA) is 59.6 Å². The minimum atomic E-state index is -0.0517. The number of halogens is 2. The fourth-order valence-electron chi connectivity index (χ4n) is 2.31. The first-order chi connectivity index (χ1) is 10.1. The van der Waals surface area contributed by atoms with Crippen LogP contribution in [0.4, 0.5) is 0 Å². The summed E-state index contributed by atoms with van der Waals surface area (Å²) in [4.78, 5) is 12.1. The summed E-state index contributed by atoms with van der Waals surface area (Å²) >= 11 is 3.46. The lowest BCUT2D eigenvalue weighted by atomic mass is 10.1. The lowest BCUT2D eigenvalue weighted by molar-refractivity contribution is -0.122. The van der Waals surface area contributed by atoms with E-state index in [1.165, 1.54) is 0 Å². The number of carbonyl (C=O) groups is 1. The summed E-state index contributed by atoms with van der Waals surface area (Å²) in [5.41, 5.74) is 1.03. The van der Waals surface area contributed by atoms with Crippen molar-refractivity contribution >= 4 is 34.2 Å². The second kappa shape index (κ2) is 9.35. The van der Waals surface area contributed by atoms with Gasteiger partial charge in [0.05, 0.1) is 30.8 Å². The van der Waals surface area contributed by atoms with E-state index in [0.29, 0.717) is 19.6 Å². The fourth-order valence-corrected chi connectivity index (χ4v) is 2.87. The van der Waals surface area contributed by atoms with Crippen molar-refractivity contribution in [3.05, 3.63) is 28.2 Å². The van der Waals surface area contributed by atoms with Gasteiger partial charge in [-0.3, -0.25) is 4.79 Å². The monoisotopic (exact) mass is 392 g/mol. The third-order valence-corrected chi connectivity index (χ3v) is 4.10. The molecule has 1 heterocycles. The molecule has 1 amide bonds. The van der Waals surface area contributed by atoms with Crippen LogP contribution in [0.3, 0.4) is 0 Å². The van der Waals surface area contributed by atoms with Crippen molar-refractivity contribution in [3.63, 3.8) is 0 Å². The van der Waals surface area contributed by atoms with Gasteiger partial charge < -0.3 is 20.1 Å². The third kappa shape index (κ3) is 5.43. The fraction of sp³-hybridized carbons (Fsp3) is 0.533. The average Bonchev–Trinajstić information content (AvgIpc) is 2.48. The van der Waals surface area contributed by atoms with Gasteiger partial charge in [-0.15, -0.1) is 12.4 Å².